The van der Waals surface area contributed by atoms with Crippen LogP contribution in [0.1, 0.15) is 42.0 Å². The molecule has 1 aliphatic rings. The molecule has 2 aromatic rings. The molecule has 1 atom stereocenters. The van der Waals surface area contributed by atoms with Crippen LogP contribution in [0.15, 0.2) is 36.4 Å². The van der Waals surface area contributed by atoms with Gasteiger partial charge in [-0.3, -0.25) is 14.4 Å². The Bertz CT molecular complexity index is 1150. The predicted molar refractivity (Wildman–Crippen MR) is 131 cm³/mol. The van der Waals surface area contributed by atoms with E-state index in [0.29, 0.717) is 28.3 Å². The van der Waals surface area contributed by atoms with Crippen molar-refractivity contribution < 1.29 is 37.4 Å². The first-order valence-electron chi connectivity index (χ1n) is 11.8. The van der Waals surface area contributed by atoms with E-state index in [1.165, 1.54) is 29.2 Å². The number of carboxylic acid groups (broad SMARTS) is 1. The summed E-state index contributed by atoms with van der Waals surface area (Å²) in [6.45, 7) is 3.24. The Hall–Kier alpha value is -3.14. The van der Waals surface area contributed by atoms with Crippen molar-refractivity contribution >= 4 is 30.9 Å². The molecule has 1 amide bonds. The zero-order chi connectivity index (χ0) is 26.6. The van der Waals surface area contributed by atoms with Crippen molar-refractivity contribution in [1.29, 1.82) is 0 Å². The third kappa shape index (κ3) is 6.75. The molecule has 36 heavy (non-hydrogen) atoms. The van der Waals surface area contributed by atoms with Crippen molar-refractivity contribution in [2.24, 2.45) is 0 Å². The van der Waals surface area contributed by atoms with Crippen LogP contribution in [0.4, 0.5) is 13.2 Å². The fraction of sp³-hybridized carbons (Fsp3) is 0.423. The first-order valence-corrected chi connectivity index (χ1v) is 15.3. The van der Waals surface area contributed by atoms with Gasteiger partial charge in [0.1, 0.15) is 17.6 Å². The number of benzene rings is 2. The zero-order valence-corrected chi connectivity index (χ0v) is 21.5. The maximum absolute atomic E-state index is 14.8. The lowest BCUT2D eigenvalue weighted by atomic mass is 9.87. The van der Waals surface area contributed by atoms with Gasteiger partial charge in [0, 0.05) is 25.8 Å². The summed E-state index contributed by atoms with van der Waals surface area (Å²) in [5.74, 6) is -2.13. The van der Waals surface area contributed by atoms with Crippen molar-refractivity contribution in [1.82, 2.24) is 4.90 Å². The van der Waals surface area contributed by atoms with Crippen molar-refractivity contribution in [3.63, 3.8) is 0 Å². The van der Waals surface area contributed by atoms with Crippen molar-refractivity contribution in [3.8, 4) is 5.75 Å². The number of aliphatic carboxylic acids is 1. The number of hydrogen-bond acceptors (Lipinski definition) is 4. The van der Waals surface area contributed by atoms with E-state index in [0.717, 1.165) is 0 Å². The van der Waals surface area contributed by atoms with Gasteiger partial charge in [0.2, 0.25) is 5.91 Å². The van der Waals surface area contributed by atoms with Crippen LogP contribution < -0.4 is 9.92 Å². The molecule has 0 fully saturated rings. The minimum absolute atomic E-state index is 0.0415. The van der Waals surface area contributed by atoms with E-state index >= 15 is 0 Å². The summed E-state index contributed by atoms with van der Waals surface area (Å²) in [4.78, 5) is 38.8. The summed E-state index contributed by atoms with van der Waals surface area (Å²) in [6, 6.07) is 8.06. The van der Waals surface area contributed by atoms with Gasteiger partial charge in [-0.1, -0.05) is 37.8 Å². The molecule has 0 bridgehead atoms. The van der Waals surface area contributed by atoms with Gasteiger partial charge < -0.3 is 14.7 Å². The number of amides is 1. The topological polar surface area (TPSA) is 83.9 Å². The molecule has 194 valence electrons. The number of carbonyl (C=O) groups is 3. The summed E-state index contributed by atoms with van der Waals surface area (Å²) < 4.78 is 44.6. The van der Waals surface area contributed by atoms with Crippen molar-refractivity contribution in [3.05, 3.63) is 58.9 Å². The van der Waals surface area contributed by atoms with Crippen LogP contribution in [0.5, 0.6) is 5.75 Å². The number of alkyl halides is 2. The Morgan fingerprint density at radius 3 is 2.44 bits per heavy atom. The number of ether oxygens (including phenoxy) is 1. The molecule has 3 rings (SSSR count). The van der Waals surface area contributed by atoms with Gasteiger partial charge in [-0.05, 0) is 52.9 Å². The SMILES string of the molecule is C[Si](C)(C)c1ccc(CC(=O)[C@H]2c3ccc(OC(F)F)cc3CCN2C(=O)CCCC(=O)O)cc1F. The number of Topliss-reactive ketones (excluding diaryl/α,β-unsaturated/α-hetero) is 1. The molecule has 0 radical (unpaired) electrons. The number of fused-ring (bicyclic) bond motifs is 1. The van der Waals surface area contributed by atoms with Crippen LogP contribution in [0.3, 0.4) is 0 Å². The average Bonchev–Trinajstić information content (AvgIpc) is 2.76. The normalized spacial score (nSPS) is 15.5. The molecule has 6 nitrogen and oxygen atoms in total. The number of halogens is 3. The van der Waals surface area contributed by atoms with Gasteiger partial charge in [-0.15, -0.1) is 0 Å². The largest absolute Gasteiger partial charge is 0.481 e. The first-order chi connectivity index (χ1) is 16.9. The van der Waals surface area contributed by atoms with Gasteiger partial charge in [0.25, 0.3) is 0 Å². The van der Waals surface area contributed by atoms with Crippen molar-refractivity contribution in [2.75, 3.05) is 6.54 Å². The minimum Gasteiger partial charge on any atom is -0.481 e. The van der Waals surface area contributed by atoms with E-state index in [1.807, 2.05) is 19.6 Å². The highest BCUT2D eigenvalue weighted by molar-refractivity contribution is 6.88. The summed E-state index contributed by atoms with van der Waals surface area (Å²) in [5, 5.41) is 9.54. The van der Waals surface area contributed by atoms with Crippen LogP contribution in [-0.2, 0) is 27.2 Å². The number of nitrogens with zero attached hydrogens (tertiary/aromatic N) is 1. The quantitative estimate of drug-likeness (QED) is 0.467. The highest BCUT2D eigenvalue weighted by Crippen LogP contribution is 2.34. The second kappa shape index (κ2) is 11.3. The van der Waals surface area contributed by atoms with Crippen LogP contribution in [-0.4, -0.2) is 48.9 Å². The summed E-state index contributed by atoms with van der Waals surface area (Å²) >= 11 is 0. The second-order valence-corrected chi connectivity index (χ2v) is 15.0. The molecule has 1 aliphatic heterocycles. The Morgan fingerprint density at radius 2 is 1.83 bits per heavy atom. The Morgan fingerprint density at radius 1 is 1.11 bits per heavy atom. The Balaban J connectivity index is 1.91. The molecule has 0 aliphatic carbocycles. The maximum atomic E-state index is 14.8. The van der Waals surface area contributed by atoms with E-state index in [2.05, 4.69) is 4.74 Å². The Kier molecular flexibility index (Phi) is 8.60. The molecule has 0 unspecified atom stereocenters. The fourth-order valence-electron chi connectivity index (χ4n) is 4.50. The number of hydrogen-bond donors (Lipinski definition) is 1. The summed E-state index contributed by atoms with van der Waals surface area (Å²) in [5.41, 5.74) is 1.59. The van der Waals surface area contributed by atoms with E-state index in [-0.39, 0.29) is 55.5 Å². The molecule has 0 spiro atoms. The minimum atomic E-state index is -2.99. The lowest BCUT2D eigenvalue weighted by Gasteiger charge is -2.37. The van der Waals surface area contributed by atoms with E-state index in [1.54, 1.807) is 12.1 Å². The number of ketones is 1. The van der Waals surface area contributed by atoms with Gasteiger partial charge in [0.15, 0.2) is 5.78 Å². The van der Waals surface area contributed by atoms with Gasteiger partial charge >= 0.3 is 12.6 Å². The molecule has 1 N–H and O–H groups in total. The highest BCUT2D eigenvalue weighted by Gasteiger charge is 2.36. The first kappa shape index (κ1) is 27.4. The van der Waals surface area contributed by atoms with Crippen LogP contribution in [0, 0.1) is 5.82 Å². The van der Waals surface area contributed by atoms with Crippen LogP contribution in [0.25, 0.3) is 0 Å². The number of carbonyl (C=O) groups excluding carboxylic acids is 2. The summed E-state index contributed by atoms with van der Waals surface area (Å²) in [6.07, 6.45) is 0.108. The molecule has 0 aromatic heterocycles. The molecule has 2 aromatic carbocycles. The monoisotopic (exact) mass is 521 g/mol. The molecule has 10 heteroatoms. The molecular weight excluding hydrogens is 491 g/mol. The number of rotatable bonds is 10. The average molecular weight is 522 g/mol. The molecule has 1 heterocycles. The van der Waals surface area contributed by atoms with E-state index in [4.69, 9.17) is 5.11 Å². The predicted octanol–water partition coefficient (Wildman–Crippen LogP) is 4.46. The lowest BCUT2D eigenvalue weighted by Crippen LogP contribution is -2.44. The van der Waals surface area contributed by atoms with E-state index in [9.17, 15) is 27.6 Å². The molecule has 0 saturated heterocycles. The van der Waals surface area contributed by atoms with Gasteiger partial charge in [-0.2, -0.15) is 8.78 Å². The molecular formula is C26H30F3NO5Si. The van der Waals surface area contributed by atoms with Crippen molar-refractivity contribution in [2.45, 2.75) is 64.4 Å². The summed E-state index contributed by atoms with van der Waals surface area (Å²) in [7, 11) is -1.90. The van der Waals surface area contributed by atoms with Crippen LogP contribution in [0.2, 0.25) is 19.6 Å². The van der Waals surface area contributed by atoms with Gasteiger partial charge in [0.05, 0.1) is 8.07 Å². The Labute approximate surface area is 209 Å². The molecule has 0 saturated carbocycles. The standard InChI is InChI=1S/C26H30F3NO5Si/c1-36(2,3)22-10-7-16(13-20(22)27)14-21(31)25-19-9-8-18(35-26(28)29)15-17(19)11-12-30(25)23(32)5-4-6-24(33)34/h7-10,13,15,25-26H,4-6,11-12,14H2,1-3H3,(H,33,34)/t25-/m1/s1. The number of carboxylic acids is 1. The lowest BCUT2D eigenvalue weighted by molar-refractivity contribution is -0.141. The smallest absolute Gasteiger partial charge is 0.387 e. The third-order valence-electron chi connectivity index (χ3n) is 6.19. The maximum Gasteiger partial charge on any atom is 0.387 e. The third-order valence-corrected chi connectivity index (χ3v) is 8.22. The second-order valence-electron chi connectivity index (χ2n) is 9.93. The van der Waals surface area contributed by atoms with Crippen LogP contribution >= 0.6 is 0 Å². The van der Waals surface area contributed by atoms with Gasteiger partial charge in [-0.25, -0.2) is 4.39 Å². The fourth-order valence-corrected chi connectivity index (χ4v) is 5.88. The highest BCUT2D eigenvalue weighted by atomic mass is 28.3. The zero-order valence-electron chi connectivity index (χ0n) is 20.5. The van der Waals surface area contributed by atoms with E-state index < -0.39 is 26.7 Å².